The van der Waals surface area contributed by atoms with Crippen LogP contribution in [0.4, 0.5) is 0 Å². The minimum Gasteiger partial charge on any atom is -0.493 e. The number of rotatable bonds is 13. The van der Waals surface area contributed by atoms with E-state index in [0.717, 1.165) is 11.5 Å². The number of aliphatic hydroxyl groups excluding tert-OH is 1. The van der Waals surface area contributed by atoms with E-state index >= 15 is 0 Å². The Labute approximate surface area is 160 Å². The molecule has 146 valence electrons. The summed E-state index contributed by atoms with van der Waals surface area (Å²) in [6.07, 6.45) is -0.178. The maximum absolute atomic E-state index is 10.9. The Kier molecular flexibility index (Phi) is 9.17. The zero-order chi connectivity index (χ0) is 19.3. The molecule has 0 heterocycles. The molecule has 0 saturated carbocycles. The maximum Gasteiger partial charge on any atom is 0.133 e. The summed E-state index contributed by atoms with van der Waals surface area (Å²) < 4.78 is 16.6. The van der Waals surface area contributed by atoms with Gasteiger partial charge in [0.15, 0.2) is 0 Å². The van der Waals surface area contributed by atoms with E-state index in [1.165, 1.54) is 0 Å². The summed E-state index contributed by atoms with van der Waals surface area (Å²) in [5.41, 5.74) is 0. The van der Waals surface area contributed by atoms with E-state index in [2.05, 4.69) is 5.32 Å². The molecule has 2 N–H and O–H groups in total. The Bertz CT molecular complexity index is 660. The van der Waals surface area contributed by atoms with Gasteiger partial charge in [-0.05, 0) is 43.3 Å². The van der Waals surface area contributed by atoms with Crippen LogP contribution in [-0.2, 0) is 4.79 Å². The average molecular weight is 373 g/mol. The first-order chi connectivity index (χ1) is 13.1. The summed E-state index contributed by atoms with van der Waals surface area (Å²) in [6, 6.07) is 16.7. The van der Waals surface area contributed by atoms with Crippen molar-refractivity contribution in [1.82, 2.24) is 5.32 Å². The fourth-order valence-corrected chi connectivity index (χ4v) is 2.22. The molecule has 0 radical (unpaired) electrons. The highest BCUT2D eigenvalue weighted by Gasteiger charge is 2.05. The van der Waals surface area contributed by atoms with Crippen molar-refractivity contribution in [3.05, 3.63) is 54.6 Å². The summed E-state index contributed by atoms with van der Waals surface area (Å²) in [5, 5.41) is 13.0. The first kappa shape index (κ1) is 20.7. The maximum atomic E-state index is 10.9. The summed E-state index contributed by atoms with van der Waals surface area (Å²) in [6.45, 7) is 3.69. The Morgan fingerprint density at radius 2 is 1.52 bits per heavy atom. The molecule has 2 rings (SSSR count). The number of carbonyl (C=O) groups is 1. The molecule has 0 amide bonds. The number of ketones is 1. The molecule has 1 unspecified atom stereocenters. The van der Waals surface area contributed by atoms with Crippen LogP contribution >= 0.6 is 0 Å². The lowest BCUT2D eigenvalue weighted by atomic mass is 10.3. The van der Waals surface area contributed by atoms with Crippen LogP contribution in [0.3, 0.4) is 0 Å². The minimum atomic E-state index is -0.586. The Morgan fingerprint density at radius 1 is 0.926 bits per heavy atom. The van der Waals surface area contributed by atoms with Crippen LogP contribution in [0.2, 0.25) is 0 Å². The molecule has 6 heteroatoms. The van der Waals surface area contributed by atoms with Crippen LogP contribution in [0, 0.1) is 0 Å². The number of nitrogens with one attached hydrogen (secondary N) is 1. The van der Waals surface area contributed by atoms with Crippen molar-refractivity contribution in [1.29, 1.82) is 0 Å². The Morgan fingerprint density at radius 3 is 2.15 bits per heavy atom. The molecule has 6 nitrogen and oxygen atoms in total. The zero-order valence-electron chi connectivity index (χ0n) is 15.6. The van der Waals surface area contributed by atoms with Crippen LogP contribution in [0.5, 0.6) is 17.2 Å². The van der Waals surface area contributed by atoms with Gasteiger partial charge in [0.25, 0.3) is 0 Å². The standard InChI is InChI=1S/C21H27NO5/c1-17(23)11-13-25-20-7-9-21(10-8-20)26-14-12-22-15-18(24)16-27-19-5-3-2-4-6-19/h2-10,18,22,24H,11-16H2,1H3. The third-order valence-electron chi connectivity index (χ3n) is 3.66. The van der Waals surface area contributed by atoms with Gasteiger partial charge < -0.3 is 24.6 Å². The topological polar surface area (TPSA) is 77.0 Å². The predicted octanol–water partition coefficient (Wildman–Crippen LogP) is 2.45. The summed E-state index contributed by atoms with van der Waals surface area (Å²) in [5.74, 6) is 2.31. The average Bonchev–Trinajstić information content (AvgIpc) is 2.68. The van der Waals surface area contributed by atoms with Gasteiger partial charge >= 0.3 is 0 Å². The zero-order valence-corrected chi connectivity index (χ0v) is 15.6. The van der Waals surface area contributed by atoms with E-state index < -0.39 is 6.10 Å². The van der Waals surface area contributed by atoms with Gasteiger partial charge in [-0.1, -0.05) is 18.2 Å². The Balaban J connectivity index is 1.53. The lowest BCUT2D eigenvalue weighted by Gasteiger charge is -2.13. The molecule has 0 aliphatic rings. The summed E-state index contributed by atoms with van der Waals surface area (Å²) in [4.78, 5) is 10.9. The molecular formula is C21H27NO5. The van der Waals surface area contributed by atoms with Gasteiger partial charge in [0, 0.05) is 19.5 Å². The van der Waals surface area contributed by atoms with Crippen molar-refractivity contribution in [3.63, 3.8) is 0 Å². The minimum absolute atomic E-state index is 0.110. The molecule has 0 aliphatic heterocycles. The van der Waals surface area contributed by atoms with E-state index in [9.17, 15) is 9.90 Å². The first-order valence-electron chi connectivity index (χ1n) is 9.05. The third-order valence-corrected chi connectivity index (χ3v) is 3.66. The van der Waals surface area contributed by atoms with Crippen molar-refractivity contribution in [3.8, 4) is 17.2 Å². The van der Waals surface area contributed by atoms with E-state index in [1.54, 1.807) is 6.92 Å². The molecule has 2 aromatic rings. The van der Waals surface area contributed by atoms with Crippen LogP contribution in [0.25, 0.3) is 0 Å². The lowest BCUT2D eigenvalue weighted by Crippen LogP contribution is -2.33. The van der Waals surface area contributed by atoms with Crippen molar-refractivity contribution in [2.24, 2.45) is 0 Å². The lowest BCUT2D eigenvalue weighted by molar-refractivity contribution is -0.117. The number of Topliss-reactive ketones (excluding diaryl/α,β-unsaturated/α-hetero) is 1. The number of aliphatic hydroxyl groups is 1. The number of para-hydroxylation sites is 1. The van der Waals surface area contributed by atoms with E-state index in [1.807, 2.05) is 54.6 Å². The second-order valence-corrected chi connectivity index (χ2v) is 6.10. The molecule has 0 aromatic heterocycles. The quantitative estimate of drug-likeness (QED) is 0.525. The molecule has 0 saturated heterocycles. The second kappa shape index (κ2) is 11.9. The van der Waals surface area contributed by atoms with Gasteiger partial charge in [0.05, 0.1) is 6.61 Å². The highest BCUT2D eigenvalue weighted by Crippen LogP contribution is 2.17. The second-order valence-electron chi connectivity index (χ2n) is 6.10. The number of benzene rings is 2. The Hall–Kier alpha value is -2.57. The van der Waals surface area contributed by atoms with Gasteiger partial charge in [-0.2, -0.15) is 0 Å². The highest BCUT2D eigenvalue weighted by atomic mass is 16.5. The van der Waals surface area contributed by atoms with E-state index in [-0.39, 0.29) is 12.4 Å². The van der Waals surface area contributed by atoms with Crippen LogP contribution in [-0.4, -0.2) is 49.9 Å². The van der Waals surface area contributed by atoms with Crippen molar-refractivity contribution in [2.45, 2.75) is 19.4 Å². The van der Waals surface area contributed by atoms with Crippen LogP contribution in [0.15, 0.2) is 54.6 Å². The number of ether oxygens (including phenoxy) is 3. The number of carbonyl (C=O) groups excluding carboxylic acids is 1. The van der Waals surface area contributed by atoms with Gasteiger partial charge in [-0.25, -0.2) is 0 Å². The molecular weight excluding hydrogens is 346 g/mol. The van der Waals surface area contributed by atoms with E-state index in [4.69, 9.17) is 14.2 Å². The molecule has 1 atom stereocenters. The van der Waals surface area contributed by atoms with Crippen LogP contribution in [0.1, 0.15) is 13.3 Å². The fourth-order valence-electron chi connectivity index (χ4n) is 2.22. The van der Waals surface area contributed by atoms with Crippen LogP contribution < -0.4 is 19.5 Å². The monoisotopic (exact) mass is 373 g/mol. The van der Waals surface area contributed by atoms with Crippen molar-refractivity contribution in [2.75, 3.05) is 32.9 Å². The predicted molar refractivity (Wildman–Crippen MR) is 104 cm³/mol. The first-order valence-corrected chi connectivity index (χ1v) is 9.05. The number of hydrogen-bond acceptors (Lipinski definition) is 6. The molecule has 27 heavy (non-hydrogen) atoms. The van der Waals surface area contributed by atoms with Gasteiger partial charge in [0.2, 0.25) is 0 Å². The third kappa shape index (κ3) is 9.08. The molecule has 0 spiro atoms. The smallest absolute Gasteiger partial charge is 0.133 e. The van der Waals surface area contributed by atoms with Crippen molar-refractivity contribution < 1.29 is 24.1 Å². The molecule has 0 bridgehead atoms. The van der Waals surface area contributed by atoms with Crippen molar-refractivity contribution >= 4 is 5.78 Å². The van der Waals surface area contributed by atoms with Gasteiger partial charge in [-0.15, -0.1) is 0 Å². The van der Waals surface area contributed by atoms with Gasteiger partial charge in [-0.3, -0.25) is 4.79 Å². The van der Waals surface area contributed by atoms with E-state index in [0.29, 0.717) is 38.5 Å². The molecule has 2 aromatic carbocycles. The SMILES string of the molecule is CC(=O)CCOc1ccc(OCCNCC(O)COc2ccccc2)cc1. The highest BCUT2D eigenvalue weighted by molar-refractivity contribution is 5.75. The fraction of sp³-hybridized carbons (Fsp3) is 0.381. The largest absolute Gasteiger partial charge is 0.493 e. The molecule has 0 aliphatic carbocycles. The summed E-state index contributed by atoms with van der Waals surface area (Å²) >= 11 is 0. The molecule has 0 fully saturated rings. The number of hydrogen-bond donors (Lipinski definition) is 2. The van der Waals surface area contributed by atoms with Gasteiger partial charge in [0.1, 0.15) is 42.3 Å². The normalized spacial score (nSPS) is 11.6. The summed E-state index contributed by atoms with van der Waals surface area (Å²) in [7, 11) is 0.